The molecule has 1 saturated heterocycles. The van der Waals surface area contributed by atoms with Gasteiger partial charge in [-0.2, -0.15) is 0 Å². The van der Waals surface area contributed by atoms with E-state index >= 15 is 0 Å². The molecule has 0 saturated carbocycles. The fraction of sp³-hybridized carbons (Fsp3) is 0.500. The maximum atomic E-state index is 12.2. The molecule has 1 aromatic heterocycles. The number of nitrogens with two attached hydrogens (primary N) is 1. The molecule has 1 aliphatic heterocycles. The summed E-state index contributed by atoms with van der Waals surface area (Å²) in [6, 6.07) is -0.585. The molecule has 3 N–H and O–H groups in total. The quantitative estimate of drug-likeness (QED) is 0.734. The van der Waals surface area contributed by atoms with Crippen molar-refractivity contribution in [2.45, 2.75) is 13.0 Å². The molecule has 6 nitrogen and oxygen atoms in total. The lowest BCUT2D eigenvalue weighted by molar-refractivity contribution is -0.122. The van der Waals surface area contributed by atoms with E-state index in [4.69, 9.17) is 5.73 Å². The zero-order chi connectivity index (χ0) is 12.4. The van der Waals surface area contributed by atoms with Crippen LogP contribution < -0.4 is 11.1 Å². The van der Waals surface area contributed by atoms with Crippen LogP contribution in [0.2, 0.25) is 0 Å². The Morgan fingerprint density at radius 2 is 2.41 bits per heavy atom. The van der Waals surface area contributed by atoms with Gasteiger partial charge in [0.1, 0.15) is 11.7 Å². The molecule has 1 aromatic rings. The predicted molar refractivity (Wildman–Crippen MR) is 63.7 cm³/mol. The largest absolute Gasteiger partial charge is 0.368 e. The van der Waals surface area contributed by atoms with Gasteiger partial charge >= 0.3 is 0 Å². The molecule has 92 valence electrons. The average Bonchev–Trinajstić information content (AvgIpc) is 2.75. The molecule has 2 rings (SSSR count). The third-order valence-electron chi connectivity index (χ3n) is 2.67. The number of aromatic nitrogens is 1. The molecular weight excluding hydrogens is 240 g/mol. The van der Waals surface area contributed by atoms with Crippen molar-refractivity contribution < 1.29 is 9.59 Å². The minimum absolute atomic E-state index is 0.223. The van der Waals surface area contributed by atoms with Gasteiger partial charge in [-0.15, -0.1) is 11.3 Å². The van der Waals surface area contributed by atoms with Crippen LogP contribution in [-0.4, -0.2) is 47.4 Å². The second kappa shape index (κ2) is 4.80. The van der Waals surface area contributed by atoms with Gasteiger partial charge in [-0.05, 0) is 6.92 Å². The molecule has 1 unspecified atom stereocenters. The normalized spacial score (nSPS) is 20.3. The van der Waals surface area contributed by atoms with E-state index in [1.807, 2.05) is 6.92 Å². The smallest absolute Gasteiger partial charge is 0.274 e. The molecule has 1 aliphatic rings. The Labute approximate surface area is 103 Å². The Morgan fingerprint density at radius 1 is 1.65 bits per heavy atom. The first kappa shape index (κ1) is 12.0. The Hall–Kier alpha value is -1.47. The molecule has 0 spiro atoms. The summed E-state index contributed by atoms with van der Waals surface area (Å²) in [4.78, 5) is 29.1. The van der Waals surface area contributed by atoms with E-state index in [1.165, 1.54) is 16.2 Å². The molecule has 0 aliphatic carbocycles. The van der Waals surface area contributed by atoms with Gasteiger partial charge in [-0.3, -0.25) is 9.59 Å². The number of rotatable bonds is 2. The highest BCUT2D eigenvalue weighted by atomic mass is 32.1. The van der Waals surface area contributed by atoms with Gasteiger partial charge in [0.25, 0.3) is 5.91 Å². The third kappa shape index (κ3) is 2.45. The van der Waals surface area contributed by atoms with Gasteiger partial charge in [-0.1, -0.05) is 0 Å². The number of hydrogen-bond donors (Lipinski definition) is 2. The van der Waals surface area contributed by atoms with Crippen LogP contribution in [0.1, 0.15) is 15.5 Å². The van der Waals surface area contributed by atoms with Crippen LogP contribution in [0.4, 0.5) is 0 Å². The maximum absolute atomic E-state index is 12.2. The number of carbonyl (C=O) groups excluding carboxylic acids is 2. The first-order valence-electron chi connectivity index (χ1n) is 5.32. The van der Waals surface area contributed by atoms with E-state index in [0.717, 1.165) is 5.01 Å². The summed E-state index contributed by atoms with van der Waals surface area (Å²) in [5, 5.41) is 5.58. The highest BCUT2D eigenvalue weighted by Gasteiger charge is 2.31. The average molecular weight is 254 g/mol. The fourth-order valence-electron chi connectivity index (χ4n) is 1.81. The first-order chi connectivity index (χ1) is 8.09. The highest BCUT2D eigenvalue weighted by molar-refractivity contribution is 7.09. The number of piperazine rings is 1. The van der Waals surface area contributed by atoms with E-state index < -0.39 is 11.9 Å². The topological polar surface area (TPSA) is 88.3 Å². The van der Waals surface area contributed by atoms with Gasteiger partial charge in [0.2, 0.25) is 5.91 Å². The predicted octanol–water partition coefficient (Wildman–Crippen LogP) is -0.649. The number of hydrogen-bond acceptors (Lipinski definition) is 5. The second-order valence-corrected chi connectivity index (χ2v) is 4.93. The summed E-state index contributed by atoms with van der Waals surface area (Å²) in [6.07, 6.45) is 0. The summed E-state index contributed by atoms with van der Waals surface area (Å²) in [7, 11) is 0. The van der Waals surface area contributed by atoms with Gasteiger partial charge in [0.15, 0.2) is 0 Å². The molecule has 2 heterocycles. The van der Waals surface area contributed by atoms with Crippen molar-refractivity contribution in [3.8, 4) is 0 Å². The molecule has 1 atom stereocenters. The Morgan fingerprint density at radius 3 is 3.00 bits per heavy atom. The van der Waals surface area contributed by atoms with Gasteiger partial charge < -0.3 is 16.0 Å². The maximum Gasteiger partial charge on any atom is 0.274 e. The second-order valence-electron chi connectivity index (χ2n) is 3.87. The van der Waals surface area contributed by atoms with Crippen molar-refractivity contribution >= 4 is 23.2 Å². The van der Waals surface area contributed by atoms with Crippen molar-refractivity contribution in [3.05, 3.63) is 16.1 Å². The van der Waals surface area contributed by atoms with E-state index in [-0.39, 0.29) is 5.91 Å². The van der Waals surface area contributed by atoms with Crippen LogP contribution in [0.3, 0.4) is 0 Å². The number of primary amides is 1. The molecular formula is C10H14N4O2S. The van der Waals surface area contributed by atoms with Crippen molar-refractivity contribution in [1.29, 1.82) is 0 Å². The highest BCUT2D eigenvalue weighted by Crippen LogP contribution is 2.13. The van der Waals surface area contributed by atoms with Crippen LogP contribution in [0.15, 0.2) is 5.38 Å². The molecule has 0 bridgehead atoms. The summed E-state index contributed by atoms with van der Waals surface area (Å²) in [6.45, 7) is 3.39. The van der Waals surface area contributed by atoms with Crippen LogP contribution in [0.25, 0.3) is 0 Å². The SMILES string of the molecule is Cc1nc(C(=O)N2CCNCC2C(N)=O)cs1. The lowest BCUT2D eigenvalue weighted by atomic mass is 10.1. The van der Waals surface area contributed by atoms with Gasteiger partial charge in [0, 0.05) is 25.0 Å². The van der Waals surface area contributed by atoms with Crippen molar-refractivity contribution in [3.63, 3.8) is 0 Å². The summed E-state index contributed by atoms with van der Waals surface area (Å²) in [5.74, 6) is -0.711. The van der Waals surface area contributed by atoms with Crippen LogP contribution >= 0.6 is 11.3 Å². The van der Waals surface area contributed by atoms with Gasteiger partial charge in [0.05, 0.1) is 5.01 Å². The zero-order valence-electron chi connectivity index (χ0n) is 9.47. The van der Waals surface area contributed by atoms with Crippen molar-refractivity contribution in [2.24, 2.45) is 5.73 Å². The standard InChI is InChI=1S/C10H14N4O2S/c1-6-13-7(5-17-6)10(16)14-3-2-12-4-8(14)9(11)15/h5,8,12H,2-4H2,1H3,(H2,11,15). The lowest BCUT2D eigenvalue weighted by Crippen LogP contribution is -2.58. The minimum atomic E-state index is -0.585. The Kier molecular flexibility index (Phi) is 3.39. The summed E-state index contributed by atoms with van der Waals surface area (Å²) in [5.41, 5.74) is 5.68. The molecule has 0 aromatic carbocycles. The molecule has 7 heteroatoms. The number of carbonyl (C=O) groups is 2. The van der Waals surface area contributed by atoms with E-state index in [1.54, 1.807) is 5.38 Å². The molecule has 17 heavy (non-hydrogen) atoms. The van der Waals surface area contributed by atoms with E-state index in [9.17, 15) is 9.59 Å². The summed E-state index contributed by atoms with van der Waals surface area (Å²) < 4.78 is 0. The van der Waals surface area contributed by atoms with Crippen molar-refractivity contribution in [2.75, 3.05) is 19.6 Å². The van der Waals surface area contributed by atoms with Gasteiger partial charge in [-0.25, -0.2) is 4.98 Å². The van der Waals surface area contributed by atoms with E-state index in [2.05, 4.69) is 10.3 Å². The van der Waals surface area contributed by atoms with Crippen LogP contribution in [0.5, 0.6) is 0 Å². The number of aryl methyl sites for hydroxylation is 1. The molecule has 1 fully saturated rings. The fourth-order valence-corrected chi connectivity index (χ4v) is 2.40. The van der Waals surface area contributed by atoms with Crippen LogP contribution in [-0.2, 0) is 4.79 Å². The number of amides is 2. The molecule has 2 amide bonds. The Balaban J connectivity index is 2.19. The number of nitrogens with one attached hydrogen (secondary N) is 1. The number of nitrogens with zero attached hydrogens (tertiary/aromatic N) is 2. The zero-order valence-corrected chi connectivity index (χ0v) is 10.3. The third-order valence-corrected chi connectivity index (χ3v) is 3.44. The monoisotopic (exact) mass is 254 g/mol. The first-order valence-corrected chi connectivity index (χ1v) is 6.20. The van der Waals surface area contributed by atoms with Crippen LogP contribution in [0, 0.1) is 6.92 Å². The Bertz CT molecular complexity index is 445. The minimum Gasteiger partial charge on any atom is -0.368 e. The van der Waals surface area contributed by atoms with Crippen molar-refractivity contribution in [1.82, 2.24) is 15.2 Å². The number of thiazole rings is 1. The lowest BCUT2D eigenvalue weighted by Gasteiger charge is -2.33. The molecule has 0 radical (unpaired) electrons. The summed E-state index contributed by atoms with van der Waals surface area (Å²) >= 11 is 1.42. The van der Waals surface area contributed by atoms with E-state index in [0.29, 0.717) is 25.3 Å².